The Morgan fingerprint density at radius 3 is 2.57 bits per heavy atom. The Balaban J connectivity index is 1.51. The maximum atomic E-state index is 10.9. The highest BCUT2D eigenvalue weighted by atomic mass is 31.2. The molecule has 1 fully saturated rings. The van der Waals surface area contributed by atoms with Gasteiger partial charge in [-0.2, -0.15) is 0 Å². The number of phosphoric ester groups is 1. The lowest BCUT2D eigenvalue weighted by atomic mass is 9.93. The molecule has 2 aromatic rings. The Kier molecular flexibility index (Phi) is 7.45. The summed E-state index contributed by atoms with van der Waals surface area (Å²) >= 11 is 0. The van der Waals surface area contributed by atoms with E-state index in [-0.39, 0.29) is 12.5 Å². The summed E-state index contributed by atoms with van der Waals surface area (Å²) in [5.74, 6) is 0.240. The molecule has 0 heterocycles. The first-order chi connectivity index (χ1) is 14.2. The maximum Gasteiger partial charge on any atom is 0.469 e. The van der Waals surface area contributed by atoms with Gasteiger partial charge in [0.2, 0.25) is 0 Å². The molecule has 7 nitrogen and oxygen atoms in total. The van der Waals surface area contributed by atoms with Crippen molar-refractivity contribution in [1.82, 2.24) is 0 Å². The number of phosphoric acid groups is 1. The first-order valence-electron chi connectivity index (χ1n) is 10.0. The second kappa shape index (κ2) is 9.86. The van der Waals surface area contributed by atoms with Gasteiger partial charge in [0.15, 0.2) is 0 Å². The first kappa shape index (κ1) is 22.7. The van der Waals surface area contributed by atoms with Gasteiger partial charge in [-0.05, 0) is 48.8 Å². The standard InChI is InChI=1S/C22H29N2O5P/c1-17(24-28-14-12-18-5-3-2-4-6-18)19-7-9-20(10-8-19)21-11-13-22(23,15-21)16-29-30(25,26)27/h2-10,21H,11-16,23H2,1H3,(H2,25,26,27)/b24-17+/t21-,22-/m1/s1. The Labute approximate surface area is 177 Å². The Hall–Kier alpha value is -2.02. The Bertz CT molecular complexity index is 898. The van der Waals surface area contributed by atoms with E-state index in [1.54, 1.807) is 0 Å². The SMILES string of the molecule is C/C(=N\OCCc1ccccc1)c1ccc([C@@H]2CC[C@](N)(COP(=O)(O)O)C2)cc1. The van der Waals surface area contributed by atoms with Gasteiger partial charge < -0.3 is 20.4 Å². The van der Waals surface area contributed by atoms with Crippen molar-refractivity contribution >= 4 is 13.5 Å². The molecule has 0 amide bonds. The summed E-state index contributed by atoms with van der Waals surface area (Å²) in [6.45, 7) is 2.30. The molecule has 30 heavy (non-hydrogen) atoms. The molecule has 2 aromatic carbocycles. The van der Waals surface area contributed by atoms with Crippen LogP contribution in [-0.2, 0) is 20.3 Å². The molecule has 162 valence electrons. The van der Waals surface area contributed by atoms with Gasteiger partial charge in [-0.3, -0.25) is 4.52 Å². The lowest BCUT2D eigenvalue weighted by molar-refractivity contribution is 0.147. The van der Waals surface area contributed by atoms with Crippen molar-refractivity contribution in [2.45, 2.75) is 44.1 Å². The van der Waals surface area contributed by atoms with Crippen LogP contribution in [0.4, 0.5) is 0 Å². The van der Waals surface area contributed by atoms with Gasteiger partial charge in [0.1, 0.15) is 6.61 Å². The minimum Gasteiger partial charge on any atom is -0.395 e. The van der Waals surface area contributed by atoms with Gasteiger partial charge >= 0.3 is 7.82 Å². The van der Waals surface area contributed by atoms with Crippen molar-refractivity contribution in [3.8, 4) is 0 Å². The van der Waals surface area contributed by atoms with Crippen LogP contribution < -0.4 is 5.73 Å². The summed E-state index contributed by atoms with van der Waals surface area (Å²) in [6.07, 6.45) is 2.96. The number of nitrogens with two attached hydrogens (primary N) is 1. The summed E-state index contributed by atoms with van der Waals surface area (Å²) in [6, 6.07) is 18.3. The molecule has 0 saturated heterocycles. The molecule has 1 aliphatic rings. The summed E-state index contributed by atoms with van der Waals surface area (Å²) < 4.78 is 15.6. The molecular formula is C22H29N2O5P. The van der Waals surface area contributed by atoms with Crippen LogP contribution in [0, 0.1) is 0 Å². The van der Waals surface area contributed by atoms with Gasteiger partial charge in [0.25, 0.3) is 0 Å². The fourth-order valence-electron chi connectivity index (χ4n) is 3.78. The minimum atomic E-state index is -4.50. The minimum absolute atomic E-state index is 0.141. The van der Waals surface area contributed by atoms with Gasteiger partial charge in [-0.15, -0.1) is 0 Å². The molecule has 3 rings (SSSR count). The van der Waals surface area contributed by atoms with Gasteiger partial charge in [-0.25, -0.2) is 4.57 Å². The average Bonchev–Trinajstić information content (AvgIpc) is 3.13. The van der Waals surface area contributed by atoms with Crippen LogP contribution in [0.15, 0.2) is 59.8 Å². The third kappa shape index (κ3) is 6.76. The zero-order chi connectivity index (χ0) is 21.6. The van der Waals surface area contributed by atoms with E-state index >= 15 is 0 Å². The lowest BCUT2D eigenvalue weighted by Gasteiger charge is -2.24. The first-order valence-corrected chi connectivity index (χ1v) is 11.6. The van der Waals surface area contributed by atoms with Crippen LogP contribution in [0.1, 0.15) is 48.8 Å². The molecular weight excluding hydrogens is 403 g/mol. The largest absolute Gasteiger partial charge is 0.469 e. The molecule has 0 aromatic heterocycles. The van der Waals surface area contributed by atoms with Crippen molar-refractivity contribution in [3.05, 3.63) is 71.3 Å². The van der Waals surface area contributed by atoms with Crippen molar-refractivity contribution < 1.29 is 23.7 Å². The number of oxime groups is 1. The normalized spacial score (nSPS) is 22.3. The molecule has 0 bridgehead atoms. The summed E-state index contributed by atoms with van der Waals surface area (Å²) in [7, 11) is -4.50. The zero-order valence-corrected chi connectivity index (χ0v) is 18.0. The van der Waals surface area contributed by atoms with Crippen LogP contribution in [0.5, 0.6) is 0 Å². The van der Waals surface area contributed by atoms with Crippen LogP contribution in [-0.4, -0.2) is 34.3 Å². The number of benzene rings is 2. The van der Waals surface area contributed by atoms with Crippen LogP contribution in [0.3, 0.4) is 0 Å². The second-order valence-corrected chi connectivity index (χ2v) is 9.17. The maximum absolute atomic E-state index is 10.9. The molecule has 2 atom stereocenters. The van der Waals surface area contributed by atoms with E-state index in [1.165, 1.54) is 5.56 Å². The smallest absolute Gasteiger partial charge is 0.395 e. The molecule has 8 heteroatoms. The highest BCUT2D eigenvalue weighted by Gasteiger charge is 2.38. The molecule has 1 saturated carbocycles. The summed E-state index contributed by atoms with van der Waals surface area (Å²) in [5, 5.41) is 4.21. The topological polar surface area (TPSA) is 114 Å². The van der Waals surface area contributed by atoms with Crippen LogP contribution in [0.2, 0.25) is 0 Å². The third-order valence-electron chi connectivity index (χ3n) is 5.49. The predicted molar refractivity (Wildman–Crippen MR) is 116 cm³/mol. The number of hydrogen-bond acceptors (Lipinski definition) is 5. The van der Waals surface area contributed by atoms with E-state index in [4.69, 9.17) is 20.4 Å². The van der Waals surface area contributed by atoms with Crippen LogP contribution >= 0.6 is 7.82 Å². The van der Waals surface area contributed by atoms with Gasteiger partial charge in [0.05, 0.1) is 12.3 Å². The highest BCUT2D eigenvalue weighted by molar-refractivity contribution is 7.46. The van der Waals surface area contributed by atoms with E-state index in [1.807, 2.05) is 37.3 Å². The molecule has 0 radical (unpaired) electrons. The van der Waals surface area contributed by atoms with E-state index in [0.29, 0.717) is 19.4 Å². The van der Waals surface area contributed by atoms with E-state index in [9.17, 15) is 4.57 Å². The van der Waals surface area contributed by atoms with Crippen molar-refractivity contribution in [1.29, 1.82) is 0 Å². The molecule has 4 N–H and O–H groups in total. The van der Waals surface area contributed by atoms with Crippen molar-refractivity contribution in [2.24, 2.45) is 10.9 Å². The molecule has 0 unspecified atom stereocenters. The van der Waals surface area contributed by atoms with E-state index < -0.39 is 13.4 Å². The summed E-state index contributed by atoms with van der Waals surface area (Å²) in [5.41, 5.74) is 9.73. The lowest BCUT2D eigenvalue weighted by Crippen LogP contribution is -2.41. The van der Waals surface area contributed by atoms with E-state index in [2.05, 4.69) is 33.9 Å². The quantitative estimate of drug-likeness (QED) is 0.241. The number of nitrogens with zero attached hydrogens (tertiary/aromatic N) is 1. The predicted octanol–water partition coefficient (Wildman–Crippen LogP) is 3.74. The van der Waals surface area contributed by atoms with Crippen molar-refractivity contribution in [3.63, 3.8) is 0 Å². The Morgan fingerprint density at radius 2 is 1.90 bits per heavy atom. The van der Waals surface area contributed by atoms with Crippen molar-refractivity contribution in [2.75, 3.05) is 13.2 Å². The third-order valence-corrected chi connectivity index (χ3v) is 5.96. The number of hydrogen-bond donors (Lipinski definition) is 3. The van der Waals surface area contributed by atoms with Gasteiger partial charge in [-0.1, -0.05) is 59.8 Å². The monoisotopic (exact) mass is 432 g/mol. The molecule has 0 spiro atoms. The average molecular weight is 432 g/mol. The fraction of sp³-hybridized carbons (Fsp3) is 0.409. The van der Waals surface area contributed by atoms with E-state index in [0.717, 1.165) is 29.7 Å². The summed E-state index contributed by atoms with van der Waals surface area (Å²) in [4.78, 5) is 23.3. The Morgan fingerprint density at radius 1 is 1.20 bits per heavy atom. The molecule has 1 aliphatic carbocycles. The highest BCUT2D eigenvalue weighted by Crippen LogP contribution is 2.43. The molecule has 0 aliphatic heterocycles. The number of rotatable bonds is 9. The fourth-order valence-corrected chi connectivity index (χ4v) is 4.21. The van der Waals surface area contributed by atoms with Crippen LogP contribution in [0.25, 0.3) is 0 Å². The zero-order valence-electron chi connectivity index (χ0n) is 17.1. The second-order valence-electron chi connectivity index (χ2n) is 7.93. The van der Waals surface area contributed by atoms with Gasteiger partial charge in [0, 0.05) is 12.0 Å².